The molecule has 3 aromatic rings. The van der Waals surface area contributed by atoms with Crippen LogP contribution in [0.5, 0.6) is 0 Å². The van der Waals surface area contributed by atoms with E-state index in [1.54, 1.807) is 0 Å². The molecule has 1 fully saturated rings. The van der Waals surface area contributed by atoms with E-state index in [0.717, 1.165) is 22.6 Å². The second kappa shape index (κ2) is 8.50. The highest BCUT2D eigenvalue weighted by molar-refractivity contribution is 5.77. The molecule has 4 rings (SSSR count). The van der Waals surface area contributed by atoms with Crippen LogP contribution in [0, 0.1) is 5.41 Å². The average Bonchev–Trinajstić information content (AvgIpc) is 2.76. The van der Waals surface area contributed by atoms with E-state index in [1.807, 2.05) is 6.07 Å². The van der Waals surface area contributed by atoms with Crippen molar-refractivity contribution in [3.8, 4) is 0 Å². The third-order valence-electron chi connectivity index (χ3n) is 5.31. The zero-order chi connectivity index (χ0) is 21.1. The molecule has 0 atom stereocenters. The summed E-state index contributed by atoms with van der Waals surface area (Å²) in [7, 11) is 4.11. The average molecular weight is 403 g/mol. The molecule has 0 spiro atoms. The molecule has 1 aliphatic heterocycles. The molecule has 0 unspecified atom stereocenters. The first-order valence-corrected chi connectivity index (χ1v) is 10.4. The summed E-state index contributed by atoms with van der Waals surface area (Å²) < 4.78 is 11.9. The summed E-state index contributed by atoms with van der Waals surface area (Å²) >= 11 is 0. The van der Waals surface area contributed by atoms with E-state index in [-0.39, 0.29) is 11.7 Å². The fourth-order valence-electron chi connectivity index (χ4n) is 3.59. The third-order valence-corrected chi connectivity index (χ3v) is 5.31. The lowest BCUT2D eigenvalue weighted by atomic mass is 9.95. The zero-order valence-corrected chi connectivity index (χ0v) is 18.2. The van der Waals surface area contributed by atoms with Crippen LogP contribution in [-0.2, 0) is 9.47 Å². The van der Waals surface area contributed by atoms with Crippen molar-refractivity contribution in [2.45, 2.75) is 20.1 Å². The number of ether oxygens (including phenoxy) is 2. The van der Waals surface area contributed by atoms with Crippen LogP contribution in [0.1, 0.15) is 25.7 Å². The molecule has 1 heterocycles. The summed E-state index contributed by atoms with van der Waals surface area (Å²) in [6.45, 7) is 5.72. The summed E-state index contributed by atoms with van der Waals surface area (Å²) in [5, 5.41) is 0. The van der Waals surface area contributed by atoms with Gasteiger partial charge in [0.15, 0.2) is 6.29 Å². The Balaban J connectivity index is 1.63. The van der Waals surface area contributed by atoms with Gasteiger partial charge < -0.3 is 19.3 Å². The Bertz CT molecular complexity index is 941. The normalized spacial score (nSPS) is 16.3. The summed E-state index contributed by atoms with van der Waals surface area (Å²) in [6, 6.07) is 27.5. The Labute approximate surface area is 179 Å². The highest BCUT2D eigenvalue weighted by Gasteiger charge is 2.29. The first kappa shape index (κ1) is 20.5. The van der Waals surface area contributed by atoms with Crippen LogP contribution in [0.25, 0.3) is 0 Å². The van der Waals surface area contributed by atoms with Gasteiger partial charge in [-0.2, -0.15) is 0 Å². The number of hydrogen-bond donors (Lipinski definition) is 0. The predicted octanol–water partition coefficient (Wildman–Crippen LogP) is 6.29. The Morgan fingerprint density at radius 1 is 0.667 bits per heavy atom. The van der Waals surface area contributed by atoms with Crippen LogP contribution in [0.3, 0.4) is 0 Å². The van der Waals surface area contributed by atoms with Crippen molar-refractivity contribution < 1.29 is 9.47 Å². The largest absolute Gasteiger partial charge is 0.378 e. The third kappa shape index (κ3) is 4.50. The second-order valence-corrected chi connectivity index (χ2v) is 8.79. The number of benzene rings is 3. The predicted molar refractivity (Wildman–Crippen MR) is 124 cm³/mol. The van der Waals surface area contributed by atoms with Crippen molar-refractivity contribution in [1.29, 1.82) is 0 Å². The minimum absolute atomic E-state index is 0.0687. The van der Waals surface area contributed by atoms with Crippen molar-refractivity contribution >= 4 is 22.7 Å². The molecule has 3 aromatic carbocycles. The Morgan fingerprint density at radius 3 is 1.67 bits per heavy atom. The number of para-hydroxylation sites is 1. The molecule has 4 nitrogen and oxygen atoms in total. The van der Waals surface area contributed by atoms with Gasteiger partial charge in [-0.15, -0.1) is 0 Å². The van der Waals surface area contributed by atoms with Gasteiger partial charge in [0.2, 0.25) is 0 Å². The Kier molecular flexibility index (Phi) is 5.80. The number of rotatable bonds is 5. The quantitative estimate of drug-likeness (QED) is 0.500. The van der Waals surface area contributed by atoms with E-state index in [1.165, 1.54) is 5.69 Å². The van der Waals surface area contributed by atoms with Gasteiger partial charge in [0.05, 0.1) is 13.2 Å². The summed E-state index contributed by atoms with van der Waals surface area (Å²) in [4.78, 5) is 4.37. The maximum absolute atomic E-state index is 5.94. The highest BCUT2D eigenvalue weighted by atomic mass is 16.7. The summed E-state index contributed by atoms with van der Waals surface area (Å²) in [5.41, 5.74) is 5.63. The van der Waals surface area contributed by atoms with E-state index in [4.69, 9.17) is 9.47 Å². The molecule has 0 radical (unpaired) electrons. The summed E-state index contributed by atoms with van der Waals surface area (Å²) in [6.07, 6.45) is -0.295. The van der Waals surface area contributed by atoms with Crippen LogP contribution < -0.4 is 9.80 Å². The van der Waals surface area contributed by atoms with Crippen LogP contribution in [0.2, 0.25) is 0 Å². The lowest BCUT2D eigenvalue weighted by Gasteiger charge is -2.34. The summed E-state index contributed by atoms with van der Waals surface area (Å²) in [5.74, 6) is 0. The first-order valence-electron chi connectivity index (χ1n) is 10.4. The van der Waals surface area contributed by atoms with Crippen LogP contribution >= 0.6 is 0 Å². The molecular formula is C26H30N2O2. The maximum Gasteiger partial charge on any atom is 0.183 e. The highest BCUT2D eigenvalue weighted by Crippen LogP contribution is 2.37. The van der Waals surface area contributed by atoms with Crippen molar-refractivity contribution in [2.75, 3.05) is 37.1 Å². The number of nitrogens with zero attached hydrogens (tertiary/aromatic N) is 2. The van der Waals surface area contributed by atoms with Crippen molar-refractivity contribution in [3.05, 3.63) is 84.4 Å². The molecule has 0 aromatic heterocycles. The molecule has 1 saturated heterocycles. The molecule has 4 heteroatoms. The van der Waals surface area contributed by atoms with Crippen molar-refractivity contribution in [3.63, 3.8) is 0 Å². The van der Waals surface area contributed by atoms with Gasteiger partial charge in [-0.25, -0.2) is 0 Å². The van der Waals surface area contributed by atoms with E-state index in [9.17, 15) is 0 Å². The Morgan fingerprint density at radius 2 is 1.13 bits per heavy atom. The zero-order valence-electron chi connectivity index (χ0n) is 18.2. The lowest BCUT2D eigenvalue weighted by Crippen LogP contribution is -2.33. The van der Waals surface area contributed by atoms with Crippen molar-refractivity contribution in [1.82, 2.24) is 0 Å². The standard InChI is InChI=1S/C26H30N2O2/c1-26(2)18-29-25(30-19-26)20-10-12-23(13-11-20)28(22-8-6-5-7-9-22)24-16-14-21(15-17-24)27(3)4/h5-17,25H,18-19H2,1-4H3. The van der Waals surface area contributed by atoms with Gasteiger partial charge in [-0.1, -0.05) is 44.2 Å². The topological polar surface area (TPSA) is 24.9 Å². The molecule has 0 amide bonds. The van der Waals surface area contributed by atoms with Crippen LogP contribution in [0.15, 0.2) is 78.9 Å². The van der Waals surface area contributed by atoms with Gasteiger partial charge in [-0.05, 0) is 48.5 Å². The molecule has 30 heavy (non-hydrogen) atoms. The van der Waals surface area contributed by atoms with E-state index < -0.39 is 0 Å². The van der Waals surface area contributed by atoms with Gasteiger partial charge in [-0.3, -0.25) is 0 Å². The second-order valence-electron chi connectivity index (χ2n) is 8.79. The van der Waals surface area contributed by atoms with Crippen molar-refractivity contribution in [2.24, 2.45) is 5.41 Å². The maximum atomic E-state index is 5.94. The SMILES string of the molecule is CN(C)c1ccc(N(c2ccccc2)c2ccc(C3OCC(C)(C)CO3)cc2)cc1. The molecule has 1 aliphatic rings. The fraction of sp³-hybridized carbons (Fsp3) is 0.308. The molecule has 0 saturated carbocycles. The lowest BCUT2D eigenvalue weighted by molar-refractivity contribution is -0.226. The fourth-order valence-corrected chi connectivity index (χ4v) is 3.59. The molecule has 0 aliphatic carbocycles. The van der Waals surface area contributed by atoms with Crippen LogP contribution in [-0.4, -0.2) is 27.3 Å². The van der Waals surface area contributed by atoms with Gasteiger partial charge in [0, 0.05) is 47.8 Å². The Hall–Kier alpha value is -2.82. The minimum Gasteiger partial charge on any atom is -0.378 e. The van der Waals surface area contributed by atoms with Gasteiger partial charge in [0.1, 0.15) is 0 Å². The monoisotopic (exact) mass is 402 g/mol. The van der Waals surface area contributed by atoms with Crippen LogP contribution in [0.4, 0.5) is 22.7 Å². The molecule has 0 N–H and O–H groups in total. The van der Waals surface area contributed by atoms with E-state index in [2.05, 4.69) is 111 Å². The molecular weight excluding hydrogens is 372 g/mol. The molecule has 156 valence electrons. The smallest absolute Gasteiger partial charge is 0.183 e. The van der Waals surface area contributed by atoms with Gasteiger partial charge in [0.25, 0.3) is 0 Å². The van der Waals surface area contributed by atoms with E-state index in [0.29, 0.717) is 13.2 Å². The number of hydrogen-bond acceptors (Lipinski definition) is 4. The first-order chi connectivity index (χ1) is 14.4. The van der Waals surface area contributed by atoms with Gasteiger partial charge >= 0.3 is 0 Å². The minimum atomic E-state index is -0.295. The molecule has 0 bridgehead atoms. The van der Waals surface area contributed by atoms with E-state index >= 15 is 0 Å². The number of anilines is 4.